The minimum Gasteiger partial charge on any atom is -0.486 e. The van der Waals surface area contributed by atoms with Crippen LogP contribution in [0.3, 0.4) is 0 Å². The fraction of sp³-hybridized carbons (Fsp3) is 0.300. The van der Waals surface area contributed by atoms with Crippen molar-refractivity contribution in [2.45, 2.75) is 46.4 Å². The standard InChI is InChI=1S/C30H32ClN3O/c1-21(23(3)33-17-16-24-8-4-5-9-25(24)19-33)15-18-34-28-10-6-7-22(2)30(28)32-29(34)20-35-27-13-11-26(31)12-14-27/h4-14,21H,3,15-20H2,1-2H3. The van der Waals surface area contributed by atoms with Crippen molar-refractivity contribution in [3.05, 3.63) is 107 Å². The van der Waals surface area contributed by atoms with E-state index in [2.05, 4.69) is 72.4 Å². The number of hydrogen-bond acceptors (Lipinski definition) is 3. The van der Waals surface area contributed by atoms with E-state index in [1.807, 2.05) is 24.3 Å². The highest BCUT2D eigenvalue weighted by Gasteiger charge is 2.21. The van der Waals surface area contributed by atoms with Crippen molar-refractivity contribution < 1.29 is 4.74 Å². The van der Waals surface area contributed by atoms with Gasteiger partial charge in [-0.15, -0.1) is 0 Å². The highest BCUT2D eigenvalue weighted by Crippen LogP contribution is 2.28. The van der Waals surface area contributed by atoms with Gasteiger partial charge in [-0.2, -0.15) is 0 Å². The lowest BCUT2D eigenvalue weighted by Crippen LogP contribution is -2.32. The first-order valence-corrected chi connectivity index (χ1v) is 12.7. The Bertz CT molecular complexity index is 1340. The minimum absolute atomic E-state index is 0.368. The van der Waals surface area contributed by atoms with Gasteiger partial charge in [0.15, 0.2) is 0 Å². The van der Waals surface area contributed by atoms with Gasteiger partial charge >= 0.3 is 0 Å². The maximum absolute atomic E-state index is 6.07. The second-order valence-electron chi connectivity index (χ2n) is 9.49. The number of rotatable bonds is 8. The van der Waals surface area contributed by atoms with Gasteiger partial charge in [-0.25, -0.2) is 4.98 Å². The highest BCUT2D eigenvalue weighted by atomic mass is 35.5. The molecule has 1 aromatic heterocycles. The molecule has 0 bridgehead atoms. The van der Waals surface area contributed by atoms with Gasteiger partial charge < -0.3 is 14.2 Å². The number of imidazole rings is 1. The number of nitrogens with zero attached hydrogens (tertiary/aromatic N) is 3. The second-order valence-corrected chi connectivity index (χ2v) is 9.92. The Balaban J connectivity index is 1.30. The number of para-hydroxylation sites is 1. The molecule has 0 aliphatic carbocycles. The molecule has 180 valence electrons. The van der Waals surface area contributed by atoms with Crippen molar-refractivity contribution in [2.75, 3.05) is 6.54 Å². The molecule has 5 rings (SSSR count). The van der Waals surface area contributed by atoms with Gasteiger partial charge in [0.2, 0.25) is 0 Å². The molecule has 1 unspecified atom stereocenters. The van der Waals surface area contributed by atoms with E-state index >= 15 is 0 Å². The van der Waals surface area contributed by atoms with Crippen LogP contribution in [0.15, 0.2) is 79.0 Å². The number of allylic oxidation sites excluding steroid dienone is 1. The summed E-state index contributed by atoms with van der Waals surface area (Å²) in [5, 5.41) is 0.701. The summed E-state index contributed by atoms with van der Waals surface area (Å²) in [5.74, 6) is 2.10. The van der Waals surface area contributed by atoms with Crippen LogP contribution in [0.25, 0.3) is 11.0 Å². The van der Waals surface area contributed by atoms with E-state index in [4.69, 9.17) is 21.3 Å². The lowest BCUT2D eigenvalue weighted by molar-refractivity contribution is 0.275. The average Bonchev–Trinajstić information content (AvgIpc) is 3.25. The number of ether oxygens (including phenoxy) is 1. The number of hydrogen-bond donors (Lipinski definition) is 0. The summed E-state index contributed by atoms with van der Waals surface area (Å²) in [4.78, 5) is 7.41. The van der Waals surface area contributed by atoms with E-state index in [0.29, 0.717) is 17.5 Å². The molecule has 1 aliphatic heterocycles. The maximum Gasteiger partial charge on any atom is 0.148 e. The summed E-state index contributed by atoms with van der Waals surface area (Å²) >= 11 is 6.02. The molecule has 1 aliphatic rings. The number of fused-ring (bicyclic) bond motifs is 2. The van der Waals surface area contributed by atoms with Crippen LogP contribution in [0.4, 0.5) is 0 Å². The number of halogens is 1. The van der Waals surface area contributed by atoms with E-state index in [-0.39, 0.29) is 0 Å². The molecule has 0 fully saturated rings. The SMILES string of the molecule is C=C(C(C)CCn1c(COc2ccc(Cl)cc2)nc2c(C)cccc21)N1CCc2ccccc2C1. The Kier molecular flexibility index (Phi) is 6.83. The molecule has 2 heterocycles. The molecule has 0 amide bonds. The third-order valence-electron chi connectivity index (χ3n) is 7.13. The Morgan fingerprint density at radius 1 is 1.06 bits per heavy atom. The van der Waals surface area contributed by atoms with Crippen LogP contribution in [0.5, 0.6) is 5.75 Å². The number of aromatic nitrogens is 2. The predicted molar refractivity (Wildman–Crippen MR) is 144 cm³/mol. The van der Waals surface area contributed by atoms with Crippen molar-refractivity contribution in [2.24, 2.45) is 5.92 Å². The first kappa shape index (κ1) is 23.5. The molecule has 3 aromatic carbocycles. The zero-order valence-corrected chi connectivity index (χ0v) is 21.3. The van der Waals surface area contributed by atoms with Crippen LogP contribution >= 0.6 is 11.6 Å². The van der Waals surface area contributed by atoms with E-state index < -0.39 is 0 Å². The first-order chi connectivity index (χ1) is 17.0. The third-order valence-corrected chi connectivity index (χ3v) is 7.38. The van der Waals surface area contributed by atoms with Crippen LogP contribution < -0.4 is 4.74 Å². The van der Waals surface area contributed by atoms with E-state index in [1.165, 1.54) is 22.4 Å². The molecule has 0 radical (unpaired) electrons. The number of benzene rings is 3. The van der Waals surface area contributed by atoms with Crippen LogP contribution in [0.1, 0.15) is 35.9 Å². The molecule has 5 heteroatoms. The Labute approximate surface area is 212 Å². The monoisotopic (exact) mass is 485 g/mol. The largest absolute Gasteiger partial charge is 0.486 e. The molecular formula is C30H32ClN3O. The maximum atomic E-state index is 6.07. The molecule has 1 atom stereocenters. The quantitative estimate of drug-likeness (QED) is 0.265. The molecule has 0 saturated heterocycles. The smallest absolute Gasteiger partial charge is 0.148 e. The normalized spacial score (nSPS) is 14.1. The van der Waals surface area contributed by atoms with Gasteiger partial charge in [0, 0.05) is 30.4 Å². The Morgan fingerprint density at radius 2 is 1.83 bits per heavy atom. The summed E-state index contributed by atoms with van der Waals surface area (Å²) < 4.78 is 8.39. The lowest BCUT2D eigenvalue weighted by atomic mass is 9.96. The highest BCUT2D eigenvalue weighted by molar-refractivity contribution is 6.30. The topological polar surface area (TPSA) is 30.3 Å². The van der Waals surface area contributed by atoms with Crippen molar-refractivity contribution in [1.29, 1.82) is 0 Å². The summed E-state index contributed by atoms with van der Waals surface area (Å²) in [5.41, 5.74) is 7.49. The fourth-order valence-electron chi connectivity index (χ4n) is 4.92. The average molecular weight is 486 g/mol. The summed E-state index contributed by atoms with van der Waals surface area (Å²) in [7, 11) is 0. The van der Waals surface area contributed by atoms with Gasteiger partial charge in [-0.1, -0.05) is 61.5 Å². The molecular weight excluding hydrogens is 454 g/mol. The van der Waals surface area contributed by atoms with Crippen LogP contribution in [-0.2, 0) is 26.1 Å². The van der Waals surface area contributed by atoms with E-state index in [1.54, 1.807) is 0 Å². The number of aryl methyl sites for hydroxylation is 2. The van der Waals surface area contributed by atoms with E-state index in [0.717, 1.165) is 55.1 Å². The third kappa shape index (κ3) is 5.08. The van der Waals surface area contributed by atoms with E-state index in [9.17, 15) is 0 Å². The molecule has 35 heavy (non-hydrogen) atoms. The summed E-state index contributed by atoms with van der Waals surface area (Å²) in [6.07, 6.45) is 2.07. The van der Waals surface area contributed by atoms with Crippen molar-refractivity contribution >= 4 is 22.6 Å². The van der Waals surface area contributed by atoms with Crippen LogP contribution in [-0.4, -0.2) is 21.0 Å². The molecule has 0 spiro atoms. The van der Waals surface area contributed by atoms with Gasteiger partial charge in [0.25, 0.3) is 0 Å². The first-order valence-electron chi connectivity index (χ1n) is 12.3. The molecule has 0 saturated carbocycles. The predicted octanol–water partition coefficient (Wildman–Crippen LogP) is 7.18. The molecule has 4 aromatic rings. The van der Waals surface area contributed by atoms with Crippen LogP contribution in [0.2, 0.25) is 5.02 Å². The van der Waals surface area contributed by atoms with Crippen molar-refractivity contribution in [3.63, 3.8) is 0 Å². The van der Waals surface area contributed by atoms with Gasteiger partial charge in [0.05, 0.1) is 11.0 Å². The van der Waals surface area contributed by atoms with Crippen LogP contribution in [0, 0.1) is 12.8 Å². The lowest BCUT2D eigenvalue weighted by Gasteiger charge is -2.34. The Morgan fingerprint density at radius 3 is 2.63 bits per heavy atom. The zero-order chi connectivity index (χ0) is 24.4. The van der Waals surface area contributed by atoms with Gasteiger partial charge in [-0.05, 0) is 72.7 Å². The minimum atomic E-state index is 0.368. The zero-order valence-electron chi connectivity index (χ0n) is 20.5. The summed E-state index contributed by atoms with van der Waals surface area (Å²) in [6, 6.07) is 22.6. The second kappa shape index (κ2) is 10.2. The Hall–Kier alpha value is -3.24. The van der Waals surface area contributed by atoms with Crippen molar-refractivity contribution in [1.82, 2.24) is 14.5 Å². The van der Waals surface area contributed by atoms with Gasteiger partial charge in [-0.3, -0.25) is 0 Å². The van der Waals surface area contributed by atoms with Crippen molar-refractivity contribution in [3.8, 4) is 5.75 Å². The van der Waals surface area contributed by atoms with Gasteiger partial charge in [0.1, 0.15) is 18.2 Å². The summed E-state index contributed by atoms with van der Waals surface area (Å²) in [6.45, 7) is 12.2. The molecule has 0 N–H and O–H groups in total. The molecule has 4 nitrogen and oxygen atoms in total. The fourth-order valence-corrected chi connectivity index (χ4v) is 5.04.